The number of rotatable bonds is 0. The molecule has 64 valence electrons. The van der Waals surface area contributed by atoms with E-state index in [4.69, 9.17) is 0 Å². The summed E-state index contributed by atoms with van der Waals surface area (Å²) in [4.78, 5) is 0. The summed E-state index contributed by atoms with van der Waals surface area (Å²) in [6.07, 6.45) is 17.2. The Morgan fingerprint density at radius 3 is 1.85 bits per heavy atom. The van der Waals surface area contributed by atoms with Crippen LogP contribution in [0.4, 0.5) is 0 Å². The Morgan fingerprint density at radius 1 is 0.769 bits per heavy atom. The largest absolute Gasteiger partial charge is 0.0801 e. The fourth-order valence-corrected chi connectivity index (χ4v) is 2.29. The molecule has 0 unspecified atom stereocenters. The lowest BCUT2D eigenvalue weighted by atomic mass is 10.00. The van der Waals surface area contributed by atoms with Gasteiger partial charge in [0.05, 0.1) is 0 Å². The Bertz CT molecular complexity index is 360. The van der Waals surface area contributed by atoms with Gasteiger partial charge in [-0.1, -0.05) is 36.5 Å². The fourth-order valence-electron chi connectivity index (χ4n) is 2.29. The summed E-state index contributed by atoms with van der Waals surface area (Å²) in [6, 6.07) is 0. The summed E-state index contributed by atoms with van der Waals surface area (Å²) in [5.41, 5.74) is 6.01. The molecule has 3 aliphatic rings. The molecule has 0 spiro atoms. The second-order valence-corrected chi connectivity index (χ2v) is 3.74. The van der Waals surface area contributed by atoms with E-state index in [1.54, 1.807) is 0 Å². The van der Waals surface area contributed by atoms with Crippen molar-refractivity contribution in [3.63, 3.8) is 0 Å². The van der Waals surface area contributed by atoms with Crippen molar-refractivity contribution in [1.82, 2.24) is 0 Å². The van der Waals surface area contributed by atoms with Gasteiger partial charge in [0.15, 0.2) is 0 Å². The Morgan fingerprint density at radius 2 is 1.31 bits per heavy atom. The Balaban J connectivity index is 2.19. The second-order valence-electron chi connectivity index (χ2n) is 3.74. The van der Waals surface area contributed by atoms with Crippen molar-refractivity contribution in [3.05, 3.63) is 58.7 Å². The van der Waals surface area contributed by atoms with Crippen molar-refractivity contribution in [2.45, 2.75) is 19.3 Å². The zero-order valence-electron chi connectivity index (χ0n) is 7.59. The molecule has 0 bridgehead atoms. The van der Waals surface area contributed by atoms with E-state index in [0.717, 1.165) is 12.8 Å². The molecule has 3 aliphatic carbocycles. The minimum Gasteiger partial charge on any atom is -0.0801 e. The first kappa shape index (κ1) is 7.14. The fraction of sp³-hybridized carbons (Fsp3) is 0.231. The maximum atomic E-state index is 2.36. The van der Waals surface area contributed by atoms with E-state index in [2.05, 4.69) is 36.5 Å². The summed E-state index contributed by atoms with van der Waals surface area (Å²) < 4.78 is 0. The highest BCUT2D eigenvalue weighted by Crippen LogP contribution is 2.40. The van der Waals surface area contributed by atoms with Crippen LogP contribution in [0.25, 0.3) is 0 Å². The van der Waals surface area contributed by atoms with Crippen LogP contribution < -0.4 is 0 Å². The number of allylic oxidation sites excluding steroid dienone is 10. The van der Waals surface area contributed by atoms with Gasteiger partial charge in [0.25, 0.3) is 0 Å². The van der Waals surface area contributed by atoms with E-state index in [0.29, 0.717) is 0 Å². The van der Waals surface area contributed by atoms with Gasteiger partial charge in [-0.25, -0.2) is 0 Å². The average molecular weight is 168 g/mol. The molecule has 0 saturated carbocycles. The second kappa shape index (κ2) is 2.59. The van der Waals surface area contributed by atoms with Gasteiger partial charge < -0.3 is 0 Å². The van der Waals surface area contributed by atoms with Crippen LogP contribution in [-0.2, 0) is 0 Å². The molecule has 0 fully saturated rings. The van der Waals surface area contributed by atoms with Gasteiger partial charge >= 0.3 is 0 Å². The molecule has 0 aromatic heterocycles. The van der Waals surface area contributed by atoms with E-state index in [1.807, 2.05) is 0 Å². The molecule has 0 aromatic carbocycles. The lowest BCUT2D eigenvalue weighted by molar-refractivity contribution is 1.16. The third-order valence-corrected chi connectivity index (χ3v) is 2.93. The van der Waals surface area contributed by atoms with Gasteiger partial charge in [-0.15, -0.1) is 0 Å². The SMILES string of the molecule is C1=CC2=C3C=CCC=C3CC2=CC1. The van der Waals surface area contributed by atoms with Gasteiger partial charge in [0, 0.05) is 0 Å². The molecule has 0 radical (unpaired) electrons. The monoisotopic (exact) mass is 168 g/mol. The Hall–Kier alpha value is -1.30. The first-order chi connectivity index (χ1) is 6.45. The predicted molar refractivity (Wildman–Crippen MR) is 55.3 cm³/mol. The van der Waals surface area contributed by atoms with Crippen molar-refractivity contribution in [1.29, 1.82) is 0 Å². The smallest absolute Gasteiger partial charge is 0.00196 e. The quantitative estimate of drug-likeness (QED) is 0.519. The van der Waals surface area contributed by atoms with Crippen LogP contribution in [0.5, 0.6) is 0 Å². The van der Waals surface area contributed by atoms with E-state index in [-0.39, 0.29) is 0 Å². The van der Waals surface area contributed by atoms with Crippen molar-refractivity contribution >= 4 is 0 Å². The summed E-state index contributed by atoms with van der Waals surface area (Å²) >= 11 is 0. The summed E-state index contributed by atoms with van der Waals surface area (Å²) in [6.45, 7) is 0. The molecule has 0 amide bonds. The van der Waals surface area contributed by atoms with E-state index < -0.39 is 0 Å². The molecular weight excluding hydrogens is 156 g/mol. The van der Waals surface area contributed by atoms with E-state index in [9.17, 15) is 0 Å². The standard InChI is InChI=1S/C13H12/c1-3-7-12-10(5-1)9-11-6-2-4-8-13(11)12/h3-8H,1-2,9H2. The van der Waals surface area contributed by atoms with E-state index in [1.165, 1.54) is 28.7 Å². The maximum Gasteiger partial charge on any atom is -0.00196 e. The molecule has 3 rings (SSSR count). The van der Waals surface area contributed by atoms with Crippen molar-refractivity contribution < 1.29 is 0 Å². The van der Waals surface area contributed by atoms with Crippen molar-refractivity contribution in [2.75, 3.05) is 0 Å². The predicted octanol–water partition coefficient (Wildman–Crippen LogP) is 3.46. The molecule has 0 heterocycles. The first-order valence-electron chi connectivity index (χ1n) is 4.91. The van der Waals surface area contributed by atoms with Crippen LogP contribution in [0, 0.1) is 0 Å². The first-order valence-corrected chi connectivity index (χ1v) is 4.91. The summed E-state index contributed by atoms with van der Waals surface area (Å²) in [7, 11) is 0. The summed E-state index contributed by atoms with van der Waals surface area (Å²) in [5, 5.41) is 0. The van der Waals surface area contributed by atoms with Crippen LogP contribution in [0.2, 0.25) is 0 Å². The lowest BCUT2D eigenvalue weighted by Crippen LogP contribution is -1.86. The third-order valence-electron chi connectivity index (χ3n) is 2.93. The zero-order valence-corrected chi connectivity index (χ0v) is 7.59. The van der Waals surface area contributed by atoms with Crippen LogP contribution in [0.3, 0.4) is 0 Å². The molecule has 0 aromatic rings. The van der Waals surface area contributed by atoms with Crippen LogP contribution in [0.15, 0.2) is 58.7 Å². The van der Waals surface area contributed by atoms with Crippen LogP contribution >= 0.6 is 0 Å². The van der Waals surface area contributed by atoms with Gasteiger partial charge in [-0.3, -0.25) is 0 Å². The molecule has 13 heavy (non-hydrogen) atoms. The minimum atomic E-state index is 1.11. The Kier molecular flexibility index (Phi) is 1.42. The molecule has 0 N–H and O–H groups in total. The minimum absolute atomic E-state index is 1.11. The molecular formula is C13H12. The van der Waals surface area contributed by atoms with Crippen LogP contribution in [-0.4, -0.2) is 0 Å². The summed E-state index contributed by atoms with van der Waals surface area (Å²) in [5.74, 6) is 0. The van der Waals surface area contributed by atoms with Gasteiger partial charge in [0.2, 0.25) is 0 Å². The molecule has 0 atom stereocenters. The molecule has 0 heteroatoms. The zero-order chi connectivity index (χ0) is 8.67. The Labute approximate surface area is 78.7 Å². The molecule has 0 saturated heterocycles. The highest BCUT2D eigenvalue weighted by molar-refractivity contribution is 5.65. The van der Waals surface area contributed by atoms with Crippen LogP contribution in [0.1, 0.15) is 19.3 Å². The van der Waals surface area contributed by atoms with Crippen molar-refractivity contribution in [3.8, 4) is 0 Å². The normalized spacial score (nSPS) is 24.0. The van der Waals surface area contributed by atoms with E-state index >= 15 is 0 Å². The van der Waals surface area contributed by atoms with Gasteiger partial charge in [0.1, 0.15) is 0 Å². The number of hydrogen-bond acceptors (Lipinski definition) is 0. The highest BCUT2D eigenvalue weighted by Gasteiger charge is 2.22. The molecule has 0 aliphatic heterocycles. The molecule has 0 nitrogen and oxygen atoms in total. The lowest BCUT2D eigenvalue weighted by Gasteiger charge is -2.05. The number of fused-ring (bicyclic) bond motifs is 2. The van der Waals surface area contributed by atoms with Gasteiger partial charge in [-0.05, 0) is 41.6 Å². The topological polar surface area (TPSA) is 0 Å². The highest BCUT2D eigenvalue weighted by atomic mass is 14.3. The van der Waals surface area contributed by atoms with Gasteiger partial charge in [-0.2, -0.15) is 0 Å². The maximum absolute atomic E-state index is 2.36. The third kappa shape index (κ3) is 0.983. The average Bonchev–Trinajstić information content (AvgIpc) is 2.56. The van der Waals surface area contributed by atoms with Crippen molar-refractivity contribution in [2.24, 2.45) is 0 Å². The number of hydrogen-bond donors (Lipinski definition) is 0.